The van der Waals surface area contributed by atoms with E-state index in [1.807, 2.05) is 19.9 Å². The van der Waals surface area contributed by atoms with Crippen LogP contribution in [-0.2, 0) is 14.4 Å². The van der Waals surface area contributed by atoms with E-state index in [-0.39, 0.29) is 5.91 Å². The van der Waals surface area contributed by atoms with E-state index in [2.05, 4.69) is 0 Å². The maximum Gasteiger partial charge on any atom is 0.326 e. The van der Waals surface area contributed by atoms with Gasteiger partial charge in [0.05, 0.1) is 5.92 Å². The van der Waals surface area contributed by atoms with Crippen molar-refractivity contribution in [1.29, 1.82) is 0 Å². The second-order valence-electron chi connectivity index (χ2n) is 5.80. The SMILES string of the molecule is CCCCC(C(=O)O)N1C(=O)C2=CCC(C)CC2C1=O. The Morgan fingerprint density at radius 3 is 2.80 bits per heavy atom. The van der Waals surface area contributed by atoms with Crippen LogP contribution < -0.4 is 0 Å². The van der Waals surface area contributed by atoms with Crippen LogP contribution in [0.25, 0.3) is 0 Å². The van der Waals surface area contributed by atoms with E-state index in [4.69, 9.17) is 0 Å². The first-order chi connectivity index (χ1) is 9.47. The molecule has 3 unspecified atom stereocenters. The minimum atomic E-state index is -1.09. The number of rotatable bonds is 5. The Labute approximate surface area is 118 Å². The van der Waals surface area contributed by atoms with Crippen LogP contribution in [0.15, 0.2) is 11.6 Å². The highest BCUT2D eigenvalue weighted by atomic mass is 16.4. The molecule has 5 nitrogen and oxygen atoms in total. The number of hydrogen-bond acceptors (Lipinski definition) is 3. The fourth-order valence-electron chi connectivity index (χ4n) is 3.03. The molecule has 1 fully saturated rings. The molecule has 1 saturated heterocycles. The number of likely N-dealkylation sites (tertiary alicyclic amines) is 1. The third-order valence-corrected chi connectivity index (χ3v) is 4.18. The molecule has 2 rings (SSSR count). The molecule has 1 heterocycles. The van der Waals surface area contributed by atoms with Gasteiger partial charge >= 0.3 is 5.97 Å². The molecule has 0 radical (unpaired) electrons. The Kier molecular flexibility index (Phi) is 4.26. The lowest BCUT2D eigenvalue weighted by Gasteiger charge is -2.22. The molecule has 1 aliphatic carbocycles. The van der Waals surface area contributed by atoms with Crippen LogP contribution >= 0.6 is 0 Å². The zero-order chi connectivity index (χ0) is 14.9. The fourth-order valence-corrected chi connectivity index (χ4v) is 3.03. The molecule has 3 atom stereocenters. The van der Waals surface area contributed by atoms with Crippen molar-refractivity contribution in [3.8, 4) is 0 Å². The van der Waals surface area contributed by atoms with Crippen LogP contribution in [0.2, 0.25) is 0 Å². The number of amides is 2. The van der Waals surface area contributed by atoms with Gasteiger partial charge in [0.15, 0.2) is 0 Å². The molecular formula is C15H21NO4. The van der Waals surface area contributed by atoms with Crippen LogP contribution in [0.1, 0.15) is 46.0 Å². The number of allylic oxidation sites excluding steroid dienone is 1. The van der Waals surface area contributed by atoms with Gasteiger partial charge in [0.1, 0.15) is 6.04 Å². The number of carbonyl (C=O) groups excluding carboxylic acids is 2. The van der Waals surface area contributed by atoms with E-state index < -0.39 is 23.8 Å². The highest BCUT2D eigenvalue weighted by Gasteiger charge is 2.49. The predicted molar refractivity (Wildman–Crippen MR) is 72.8 cm³/mol. The number of fused-ring (bicyclic) bond motifs is 1. The van der Waals surface area contributed by atoms with Crippen LogP contribution in [0.4, 0.5) is 0 Å². The van der Waals surface area contributed by atoms with E-state index in [9.17, 15) is 19.5 Å². The Balaban J connectivity index is 2.26. The third kappa shape index (κ3) is 2.49. The Bertz CT molecular complexity index is 468. The molecule has 110 valence electrons. The van der Waals surface area contributed by atoms with E-state index in [0.717, 1.165) is 17.7 Å². The van der Waals surface area contributed by atoms with E-state index in [0.29, 0.717) is 30.8 Å². The molecule has 0 aromatic heterocycles. The zero-order valence-corrected chi connectivity index (χ0v) is 12.0. The Morgan fingerprint density at radius 2 is 2.20 bits per heavy atom. The van der Waals surface area contributed by atoms with Gasteiger partial charge in [-0.2, -0.15) is 0 Å². The zero-order valence-electron chi connectivity index (χ0n) is 12.0. The minimum absolute atomic E-state index is 0.323. The number of nitrogens with zero attached hydrogens (tertiary/aromatic N) is 1. The predicted octanol–water partition coefficient (Wildman–Crippen LogP) is 1.97. The molecule has 0 saturated carbocycles. The average molecular weight is 279 g/mol. The maximum atomic E-state index is 12.4. The second-order valence-corrected chi connectivity index (χ2v) is 5.80. The maximum absolute atomic E-state index is 12.4. The number of imide groups is 1. The smallest absolute Gasteiger partial charge is 0.326 e. The summed E-state index contributed by atoms with van der Waals surface area (Å²) < 4.78 is 0. The molecule has 0 aromatic carbocycles. The van der Waals surface area contributed by atoms with Gasteiger partial charge in [0.25, 0.3) is 5.91 Å². The number of carboxylic acid groups (broad SMARTS) is 1. The molecule has 0 aromatic rings. The van der Waals surface area contributed by atoms with Gasteiger partial charge in [-0.1, -0.05) is 32.8 Å². The van der Waals surface area contributed by atoms with Crippen molar-refractivity contribution < 1.29 is 19.5 Å². The van der Waals surface area contributed by atoms with Gasteiger partial charge in [-0.3, -0.25) is 14.5 Å². The summed E-state index contributed by atoms with van der Waals surface area (Å²) >= 11 is 0. The molecule has 2 aliphatic rings. The van der Waals surface area contributed by atoms with E-state index in [1.54, 1.807) is 0 Å². The summed E-state index contributed by atoms with van der Waals surface area (Å²) in [6, 6.07) is -1.02. The van der Waals surface area contributed by atoms with Crippen LogP contribution in [0.3, 0.4) is 0 Å². The highest BCUT2D eigenvalue weighted by Crippen LogP contribution is 2.37. The second kappa shape index (κ2) is 5.77. The van der Waals surface area contributed by atoms with Gasteiger partial charge in [-0.25, -0.2) is 4.79 Å². The number of carboxylic acids is 1. The topological polar surface area (TPSA) is 74.7 Å². The normalized spacial score (nSPS) is 27.3. The van der Waals surface area contributed by atoms with Crippen molar-refractivity contribution >= 4 is 17.8 Å². The summed E-state index contributed by atoms with van der Waals surface area (Å²) in [5.74, 6) is -1.87. The number of carbonyl (C=O) groups is 3. The van der Waals surface area contributed by atoms with Crippen LogP contribution in [-0.4, -0.2) is 33.8 Å². The van der Waals surface area contributed by atoms with Gasteiger partial charge in [0.2, 0.25) is 5.91 Å². The van der Waals surface area contributed by atoms with E-state index in [1.165, 1.54) is 0 Å². The molecule has 1 aliphatic heterocycles. The lowest BCUT2D eigenvalue weighted by atomic mass is 9.83. The summed E-state index contributed by atoms with van der Waals surface area (Å²) in [7, 11) is 0. The molecular weight excluding hydrogens is 258 g/mol. The van der Waals surface area contributed by atoms with Crippen LogP contribution in [0, 0.1) is 11.8 Å². The molecule has 1 N–H and O–H groups in total. The van der Waals surface area contributed by atoms with Crippen molar-refractivity contribution in [1.82, 2.24) is 4.90 Å². The first kappa shape index (κ1) is 14.8. The molecule has 0 bridgehead atoms. The van der Waals surface area contributed by atoms with Crippen molar-refractivity contribution in [3.63, 3.8) is 0 Å². The quantitative estimate of drug-likeness (QED) is 0.781. The summed E-state index contributed by atoms with van der Waals surface area (Å²) in [4.78, 5) is 37.1. The summed E-state index contributed by atoms with van der Waals surface area (Å²) in [5.41, 5.74) is 0.510. The van der Waals surface area contributed by atoms with Crippen molar-refractivity contribution in [2.45, 2.75) is 52.0 Å². The largest absolute Gasteiger partial charge is 0.480 e. The summed E-state index contributed by atoms with van der Waals surface area (Å²) in [5, 5.41) is 9.32. The summed E-state index contributed by atoms with van der Waals surface area (Å²) in [6.45, 7) is 4.00. The van der Waals surface area contributed by atoms with Crippen molar-refractivity contribution in [3.05, 3.63) is 11.6 Å². The van der Waals surface area contributed by atoms with Crippen LogP contribution in [0.5, 0.6) is 0 Å². The third-order valence-electron chi connectivity index (χ3n) is 4.18. The van der Waals surface area contributed by atoms with Gasteiger partial charge in [-0.15, -0.1) is 0 Å². The first-order valence-electron chi connectivity index (χ1n) is 7.27. The van der Waals surface area contributed by atoms with Gasteiger partial charge in [-0.05, 0) is 25.2 Å². The molecule has 2 amide bonds. The number of unbranched alkanes of at least 4 members (excludes halogenated alkanes) is 1. The van der Waals surface area contributed by atoms with Crippen molar-refractivity contribution in [2.75, 3.05) is 0 Å². The first-order valence-corrected chi connectivity index (χ1v) is 7.27. The number of hydrogen-bond donors (Lipinski definition) is 1. The average Bonchev–Trinajstić information content (AvgIpc) is 2.63. The highest BCUT2D eigenvalue weighted by molar-refractivity contribution is 6.16. The summed E-state index contributed by atoms with van der Waals surface area (Å²) in [6.07, 6.45) is 5.10. The lowest BCUT2D eigenvalue weighted by molar-refractivity contribution is -0.154. The van der Waals surface area contributed by atoms with Crippen molar-refractivity contribution in [2.24, 2.45) is 11.8 Å². The number of aliphatic carboxylic acids is 1. The lowest BCUT2D eigenvalue weighted by Crippen LogP contribution is -2.45. The van der Waals surface area contributed by atoms with Gasteiger partial charge < -0.3 is 5.11 Å². The van der Waals surface area contributed by atoms with Gasteiger partial charge in [0, 0.05) is 5.57 Å². The molecule has 0 spiro atoms. The van der Waals surface area contributed by atoms with E-state index >= 15 is 0 Å². The molecule has 20 heavy (non-hydrogen) atoms. The minimum Gasteiger partial charge on any atom is -0.480 e. The standard InChI is InChI=1S/C15H21NO4/c1-3-4-5-12(15(19)20)16-13(17)10-7-6-9(2)8-11(10)14(16)18/h7,9,11-12H,3-6,8H2,1-2H3,(H,19,20). The molecule has 5 heteroatoms. The Morgan fingerprint density at radius 1 is 1.50 bits per heavy atom. The monoisotopic (exact) mass is 279 g/mol. The Hall–Kier alpha value is -1.65. The fraction of sp³-hybridized carbons (Fsp3) is 0.667.